The molecule has 3 rings (SSSR count). The molecule has 146 valence electrons. The Bertz CT molecular complexity index is 1060. The van der Waals surface area contributed by atoms with Gasteiger partial charge in [-0.25, -0.2) is 9.79 Å². The lowest BCUT2D eigenvalue weighted by Gasteiger charge is -2.12. The Morgan fingerprint density at radius 1 is 1.18 bits per heavy atom. The maximum absolute atomic E-state index is 12.3. The third-order valence-electron chi connectivity index (χ3n) is 4.15. The van der Waals surface area contributed by atoms with Crippen molar-refractivity contribution in [1.82, 2.24) is 19.8 Å². The summed E-state index contributed by atoms with van der Waals surface area (Å²) in [7, 11) is 3.22. The van der Waals surface area contributed by atoms with E-state index in [0.717, 1.165) is 32.6 Å². The molecule has 0 amide bonds. The van der Waals surface area contributed by atoms with Gasteiger partial charge in [-0.1, -0.05) is 36.0 Å². The number of benzene rings is 2. The predicted octanol–water partition coefficient (Wildman–Crippen LogP) is 3.57. The van der Waals surface area contributed by atoms with Crippen LogP contribution < -0.4 is 10.4 Å². The third-order valence-corrected chi connectivity index (χ3v) is 6.21. The first-order chi connectivity index (χ1) is 13.5. The summed E-state index contributed by atoms with van der Waals surface area (Å²) in [4.78, 5) is 17.0. The lowest BCUT2D eigenvalue weighted by molar-refractivity contribution is 0.416. The van der Waals surface area contributed by atoms with E-state index in [4.69, 9.17) is 9.73 Å². The Balaban J connectivity index is 1.91. The van der Waals surface area contributed by atoms with Crippen LogP contribution in [0.3, 0.4) is 0 Å². The fourth-order valence-electron chi connectivity index (χ4n) is 2.63. The fourth-order valence-corrected chi connectivity index (χ4v) is 4.27. The Morgan fingerprint density at radius 3 is 2.64 bits per heavy atom. The highest BCUT2D eigenvalue weighted by molar-refractivity contribution is 8.38. The Hall–Kier alpha value is -2.52. The summed E-state index contributed by atoms with van der Waals surface area (Å²) >= 11 is 3.19. The summed E-state index contributed by atoms with van der Waals surface area (Å²) in [6.45, 7) is 2.02. The highest BCUT2D eigenvalue weighted by Crippen LogP contribution is 2.32. The van der Waals surface area contributed by atoms with Gasteiger partial charge in [0.05, 0.1) is 12.8 Å². The normalized spacial score (nSPS) is 11.6. The van der Waals surface area contributed by atoms with Crippen LogP contribution in [0.1, 0.15) is 11.1 Å². The number of tetrazole rings is 1. The predicted molar refractivity (Wildman–Crippen MR) is 116 cm³/mol. The molecule has 7 nitrogen and oxygen atoms in total. The summed E-state index contributed by atoms with van der Waals surface area (Å²) in [5, 5.41) is 7.80. The molecule has 28 heavy (non-hydrogen) atoms. The Morgan fingerprint density at radius 2 is 1.96 bits per heavy atom. The van der Waals surface area contributed by atoms with Crippen molar-refractivity contribution in [2.24, 2.45) is 12.0 Å². The molecule has 9 heteroatoms. The molecular weight excluding hydrogens is 394 g/mol. The molecular formula is C19H21N5O2S2. The number of hydrogen-bond donors (Lipinski definition) is 0. The summed E-state index contributed by atoms with van der Waals surface area (Å²) in [5.74, 6) is 1.39. The van der Waals surface area contributed by atoms with E-state index in [1.807, 2.05) is 55.6 Å². The van der Waals surface area contributed by atoms with Gasteiger partial charge in [0.1, 0.15) is 15.8 Å². The zero-order valence-corrected chi connectivity index (χ0v) is 17.8. The molecule has 0 unspecified atom stereocenters. The lowest BCUT2D eigenvalue weighted by Crippen LogP contribution is -2.23. The standard InChI is InChI=1S/C19H21N5O2S2/c1-13-8-7-10-16(24-19(25)23(2)21-22-24)14(13)12-28-18(27-4)20-15-9-5-6-11-17(15)26-3/h5-11H,12H2,1-4H3. The molecule has 0 radical (unpaired) electrons. The molecule has 0 spiro atoms. The molecule has 0 atom stereocenters. The SMILES string of the molecule is COc1ccccc1N=C(SC)SCc1c(C)cccc1-n1nnn(C)c1=O. The molecule has 0 aliphatic rings. The van der Waals surface area contributed by atoms with Crippen LogP contribution in [0.25, 0.3) is 5.69 Å². The first-order valence-electron chi connectivity index (χ1n) is 8.51. The van der Waals surface area contributed by atoms with E-state index in [-0.39, 0.29) is 5.69 Å². The van der Waals surface area contributed by atoms with Gasteiger partial charge in [0.15, 0.2) is 0 Å². The van der Waals surface area contributed by atoms with Crippen LogP contribution >= 0.6 is 23.5 Å². The first-order valence-corrected chi connectivity index (χ1v) is 10.7. The number of methoxy groups -OCH3 is 1. The van der Waals surface area contributed by atoms with Crippen LogP contribution in [0.15, 0.2) is 52.3 Å². The van der Waals surface area contributed by atoms with Gasteiger partial charge in [-0.3, -0.25) is 0 Å². The number of rotatable bonds is 5. The number of ether oxygens (including phenoxy) is 1. The van der Waals surface area contributed by atoms with Crippen LogP contribution in [0.4, 0.5) is 5.69 Å². The van der Waals surface area contributed by atoms with Crippen molar-refractivity contribution < 1.29 is 4.74 Å². The Labute approximate surface area is 171 Å². The van der Waals surface area contributed by atoms with Gasteiger partial charge in [0.2, 0.25) is 0 Å². The van der Waals surface area contributed by atoms with E-state index < -0.39 is 0 Å². The number of thioether (sulfide) groups is 2. The van der Waals surface area contributed by atoms with E-state index >= 15 is 0 Å². The fraction of sp³-hybridized carbons (Fsp3) is 0.263. The summed E-state index contributed by atoms with van der Waals surface area (Å²) in [6.07, 6.45) is 1.99. The van der Waals surface area contributed by atoms with Gasteiger partial charge in [0.25, 0.3) is 0 Å². The minimum absolute atomic E-state index is 0.273. The number of hydrogen-bond acceptors (Lipinski definition) is 7. The maximum atomic E-state index is 12.3. The quantitative estimate of drug-likeness (QED) is 0.468. The zero-order valence-electron chi connectivity index (χ0n) is 16.1. The Kier molecular flexibility index (Phi) is 6.58. The second-order valence-corrected chi connectivity index (χ2v) is 7.93. The van der Waals surface area contributed by atoms with Gasteiger partial charge in [-0.05, 0) is 52.9 Å². The van der Waals surface area contributed by atoms with Gasteiger partial charge in [0, 0.05) is 12.8 Å². The zero-order chi connectivity index (χ0) is 20.1. The minimum atomic E-state index is -0.273. The van der Waals surface area contributed by atoms with Crippen molar-refractivity contribution in [2.45, 2.75) is 12.7 Å². The summed E-state index contributed by atoms with van der Waals surface area (Å²) in [6, 6.07) is 13.5. The van der Waals surface area contributed by atoms with Gasteiger partial charge in [-0.15, -0.1) is 11.8 Å². The molecule has 0 N–H and O–H groups in total. The van der Waals surface area contributed by atoms with Crippen LogP contribution in [0.5, 0.6) is 5.75 Å². The van der Waals surface area contributed by atoms with Gasteiger partial charge < -0.3 is 4.74 Å². The van der Waals surface area contributed by atoms with Crippen molar-refractivity contribution in [3.8, 4) is 11.4 Å². The molecule has 1 heterocycles. The summed E-state index contributed by atoms with van der Waals surface area (Å²) in [5.41, 5.74) is 3.36. The van der Waals surface area contributed by atoms with Crippen LogP contribution in [-0.4, -0.2) is 37.5 Å². The first kappa shape index (κ1) is 20.2. The average Bonchev–Trinajstić information content (AvgIpc) is 3.04. The second kappa shape index (κ2) is 9.11. The van der Waals surface area contributed by atoms with Gasteiger partial charge in [-0.2, -0.15) is 9.36 Å². The lowest BCUT2D eigenvalue weighted by atomic mass is 10.1. The van der Waals surface area contributed by atoms with Crippen molar-refractivity contribution >= 4 is 33.6 Å². The number of aliphatic imine (C=N–C) groups is 1. The minimum Gasteiger partial charge on any atom is -0.494 e. The van der Waals surface area contributed by atoms with Crippen LogP contribution in [0.2, 0.25) is 0 Å². The number of para-hydroxylation sites is 2. The molecule has 0 fully saturated rings. The van der Waals surface area contributed by atoms with E-state index in [1.54, 1.807) is 37.7 Å². The molecule has 2 aromatic carbocycles. The van der Waals surface area contributed by atoms with Crippen molar-refractivity contribution in [2.75, 3.05) is 13.4 Å². The monoisotopic (exact) mass is 415 g/mol. The van der Waals surface area contributed by atoms with E-state index in [0.29, 0.717) is 5.75 Å². The average molecular weight is 416 g/mol. The molecule has 0 aliphatic carbocycles. The van der Waals surface area contributed by atoms with Crippen LogP contribution in [0, 0.1) is 6.92 Å². The highest BCUT2D eigenvalue weighted by Gasteiger charge is 2.14. The maximum Gasteiger partial charge on any atom is 0.368 e. The van der Waals surface area contributed by atoms with E-state index in [9.17, 15) is 4.79 Å². The van der Waals surface area contributed by atoms with E-state index in [1.165, 1.54) is 9.36 Å². The van der Waals surface area contributed by atoms with Crippen molar-refractivity contribution in [1.29, 1.82) is 0 Å². The number of aryl methyl sites for hydroxylation is 2. The largest absolute Gasteiger partial charge is 0.494 e. The van der Waals surface area contributed by atoms with E-state index in [2.05, 4.69) is 10.4 Å². The molecule has 1 aromatic heterocycles. The molecule has 0 saturated heterocycles. The second-order valence-electron chi connectivity index (χ2n) is 5.91. The molecule has 0 bridgehead atoms. The molecule has 0 aliphatic heterocycles. The highest BCUT2D eigenvalue weighted by atomic mass is 32.2. The van der Waals surface area contributed by atoms with Crippen molar-refractivity contribution in [3.63, 3.8) is 0 Å². The summed E-state index contributed by atoms with van der Waals surface area (Å²) < 4.78 is 8.84. The smallest absolute Gasteiger partial charge is 0.368 e. The topological polar surface area (TPSA) is 74.3 Å². The number of nitrogens with zero attached hydrogens (tertiary/aromatic N) is 5. The third kappa shape index (κ3) is 4.31. The molecule has 3 aromatic rings. The molecule has 0 saturated carbocycles. The van der Waals surface area contributed by atoms with Crippen molar-refractivity contribution in [3.05, 3.63) is 64.1 Å². The van der Waals surface area contributed by atoms with Gasteiger partial charge >= 0.3 is 5.69 Å². The number of aromatic nitrogens is 4. The van der Waals surface area contributed by atoms with Crippen LogP contribution in [-0.2, 0) is 12.8 Å².